The van der Waals surface area contributed by atoms with Gasteiger partial charge in [0.2, 0.25) is 10.1 Å². The molecule has 18 heavy (non-hydrogen) atoms. The Hall–Kier alpha value is -1.64. The van der Waals surface area contributed by atoms with Crippen molar-refractivity contribution in [3.8, 4) is 0 Å². The number of hydrogen-bond donors (Lipinski definition) is 1. The fraction of sp³-hybridized carbons (Fsp3) is 0.444. The minimum Gasteiger partial charge on any atom is -0.360 e. The lowest BCUT2D eigenvalue weighted by Crippen LogP contribution is -2.06. The zero-order chi connectivity index (χ0) is 13.0. The molecule has 2 heterocycles. The van der Waals surface area contributed by atoms with Crippen LogP contribution in [0.4, 0.5) is 18.3 Å². The molecule has 0 saturated carbocycles. The van der Waals surface area contributed by atoms with E-state index >= 15 is 0 Å². The van der Waals surface area contributed by atoms with E-state index in [2.05, 4.69) is 20.6 Å². The second-order valence-corrected chi connectivity index (χ2v) is 4.44. The molecule has 0 aliphatic carbocycles. The van der Waals surface area contributed by atoms with Crippen molar-refractivity contribution in [1.29, 1.82) is 0 Å². The fourth-order valence-electron chi connectivity index (χ4n) is 1.28. The van der Waals surface area contributed by atoms with Crippen LogP contribution in [0.25, 0.3) is 0 Å². The van der Waals surface area contributed by atoms with Gasteiger partial charge in [0.25, 0.3) is 0 Å². The van der Waals surface area contributed by atoms with Crippen LogP contribution in [0.5, 0.6) is 0 Å². The van der Waals surface area contributed by atoms with Crippen molar-refractivity contribution >= 4 is 16.5 Å². The molecular formula is C9H10F3N5S. The van der Waals surface area contributed by atoms with Gasteiger partial charge in [-0.2, -0.15) is 18.3 Å². The maximum Gasteiger partial charge on any atom is 0.445 e. The maximum absolute atomic E-state index is 12.2. The van der Waals surface area contributed by atoms with Gasteiger partial charge < -0.3 is 5.32 Å². The first kappa shape index (κ1) is 12.8. The van der Waals surface area contributed by atoms with Crippen LogP contribution in [0.15, 0.2) is 18.5 Å². The predicted octanol–water partition coefficient (Wildman–Crippen LogP) is 2.26. The number of aryl methyl sites for hydroxylation is 1. The molecule has 0 atom stereocenters. The highest BCUT2D eigenvalue weighted by molar-refractivity contribution is 7.15. The Labute approximate surface area is 105 Å². The predicted molar refractivity (Wildman–Crippen MR) is 60.2 cm³/mol. The number of hydrogen-bond acceptors (Lipinski definition) is 5. The van der Waals surface area contributed by atoms with Gasteiger partial charge in [0.1, 0.15) is 0 Å². The van der Waals surface area contributed by atoms with Gasteiger partial charge in [-0.15, -0.1) is 10.2 Å². The topological polar surface area (TPSA) is 55.6 Å². The van der Waals surface area contributed by atoms with Crippen molar-refractivity contribution < 1.29 is 13.2 Å². The Morgan fingerprint density at radius 1 is 1.33 bits per heavy atom. The van der Waals surface area contributed by atoms with Crippen LogP contribution >= 0.6 is 11.3 Å². The van der Waals surface area contributed by atoms with E-state index in [9.17, 15) is 13.2 Å². The van der Waals surface area contributed by atoms with Crippen molar-refractivity contribution in [3.05, 3.63) is 23.5 Å². The molecule has 5 nitrogen and oxygen atoms in total. The molecule has 0 radical (unpaired) electrons. The van der Waals surface area contributed by atoms with E-state index in [4.69, 9.17) is 0 Å². The third-order valence-electron chi connectivity index (χ3n) is 2.07. The van der Waals surface area contributed by atoms with Gasteiger partial charge in [-0.3, -0.25) is 4.68 Å². The van der Waals surface area contributed by atoms with Gasteiger partial charge in [-0.05, 0) is 12.5 Å². The monoisotopic (exact) mass is 277 g/mol. The Kier molecular flexibility index (Phi) is 3.80. The summed E-state index contributed by atoms with van der Waals surface area (Å²) in [6.07, 6.45) is -0.185. The van der Waals surface area contributed by atoms with Gasteiger partial charge in [0, 0.05) is 25.5 Å². The van der Waals surface area contributed by atoms with Crippen LogP contribution in [-0.4, -0.2) is 26.5 Å². The van der Waals surface area contributed by atoms with E-state index in [1.54, 1.807) is 10.9 Å². The van der Waals surface area contributed by atoms with E-state index in [0.717, 1.165) is 6.42 Å². The number of anilines is 1. The summed E-state index contributed by atoms with van der Waals surface area (Å²) in [5.41, 5.74) is 0. The molecule has 98 valence electrons. The average Bonchev–Trinajstić information content (AvgIpc) is 2.95. The molecular weight excluding hydrogens is 267 g/mol. The lowest BCUT2D eigenvalue weighted by molar-refractivity contribution is -0.138. The number of rotatable bonds is 5. The van der Waals surface area contributed by atoms with Crippen molar-refractivity contribution in [2.75, 3.05) is 11.9 Å². The van der Waals surface area contributed by atoms with Gasteiger partial charge in [-0.25, -0.2) is 0 Å². The Morgan fingerprint density at radius 3 is 2.78 bits per heavy atom. The maximum atomic E-state index is 12.2. The minimum absolute atomic E-state index is 0.183. The molecule has 0 unspecified atom stereocenters. The quantitative estimate of drug-likeness (QED) is 0.852. The normalized spacial score (nSPS) is 11.7. The lowest BCUT2D eigenvalue weighted by Gasteiger charge is -2.02. The smallest absolute Gasteiger partial charge is 0.360 e. The SMILES string of the molecule is FC(F)(F)c1nnc(NCCCn2cccn2)s1. The second kappa shape index (κ2) is 5.34. The molecule has 0 spiro atoms. The molecule has 0 aliphatic heterocycles. The number of nitrogens with one attached hydrogen (secondary N) is 1. The van der Waals surface area contributed by atoms with Gasteiger partial charge in [0.15, 0.2) is 0 Å². The lowest BCUT2D eigenvalue weighted by atomic mass is 10.4. The third kappa shape index (κ3) is 3.42. The van der Waals surface area contributed by atoms with Crippen molar-refractivity contribution in [2.24, 2.45) is 0 Å². The molecule has 0 bridgehead atoms. The third-order valence-corrected chi connectivity index (χ3v) is 2.99. The first-order chi connectivity index (χ1) is 8.55. The van der Waals surface area contributed by atoms with Crippen LogP contribution in [0, 0.1) is 0 Å². The van der Waals surface area contributed by atoms with Crippen LogP contribution in [0.3, 0.4) is 0 Å². The standard InChI is InChI=1S/C9H10F3N5S/c10-9(11,12)7-15-16-8(18-7)13-3-1-5-17-6-2-4-14-17/h2,4,6H,1,3,5H2,(H,13,16). The van der Waals surface area contributed by atoms with Gasteiger partial charge >= 0.3 is 6.18 Å². The highest BCUT2D eigenvalue weighted by Gasteiger charge is 2.35. The molecule has 0 aliphatic rings. The summed E-state index contributed by atoms with van der Waals surface area (Å²) < 4.78 is 38.5. The summed E-state index contributed by atoms with van der Waals surface area (Å²) in [6, 6.07) is 1.81. The van der Waals surface area contributed by atoms with E-state index in [0.29, 0.717) is 24.4 Å². The van der Waals surface area contributed by atoms with E-state index in [-0.39, 0.29) is 5.13 Å². The zero-order valence-electron chi connectivity index (χ0n) is 9.18. The van der Waals surface area contributed by atoms with Crippen molar-refractivity contribution in [3.63, 3.8) is 0 Å². The van der Waals surface area contributed by atoms with Crippen LogP contribution < -0.4 is 5.32 Å². The molecule has 2 aromatic heterocycles. The number of aromatic nitrogens is 4. The van der Waals surface area contributed by atoms with Crippen molar-refractivity contribution in [2.45, 2.75) is 19.1 Å². The number of nitrogens with zero attached hydrogens (tertiary/aromatic N) is 4. The Balaban J connectivity index is 1.75. The summed E-state index contributed by atoms with van der Waals surface area (Å²) in [6.45, 7) is 1.22. The summed E-state index contributed by atoms with van der Waals surface area (Å²) in [7, 11) is 0. The van der Waals surface area contributed by atoms with Gasteiger partial charge in [0.05, 0.1) is 0 Å². The van der Waals surface area contributed by atoms with Crippen LogP contribution in [0.1, 0.15) is 11.4 Å². The minimum atomic E-state index is -4.42. The summed E-state index contributed by atoms with van der Waals surface area (Å²) in [5.74, 6) is 0. The first-order valence-electron chi connectivity index (χ1n) is 5.18. The summed E-state index contributed by atoms with van der Waals surface area (Å²) in [4.78, 5) is 0. The fourth-order valence-corrected chi connectivity index (χ4v) is 1.91. The van der Waals surface area contributed by atoms with Gasteiger partial charge in [-0.1, -0.05) is 11.3 Å². The molecule has 2 rings (SSSR count). The van der Waals surface area contributed by atoms with E-state index in [1.807, 2.05) is 12.3 Å². The molecule has 0 saturated heterocycles. The number of halogens is 3. The molecule has 9 heteroatoms. The Bertz CT molecular complexity index is 479. The summed E-state index contributed by atoms with van der Waals surface area (Å²) >= 11 is 0.507. The summed E-state index contributed by atoms with van der Waals surface area (Å²) in [5, 5.41) is 12.6. The largest absolute Gasteiger partial charge is 0.445 e. The zero-order valence-corrected chi connectivity index (χ0v) is 10.0. The van der Waals surface area contributed by atoms with Crippen LogP contribution in [-0.2, 0) is 12.7 Å². The molecule has 0 amide bonds. The van der Waals surface area contributed by atoms with Crippen LogP contribution in [0.2, 0.25) is 0 Å². The molecule has 2 aromatic rings. The van der Waals surface area contributed by atoms with Crippen molar-refractivity contribution in [1.82, 2.24) is 20.0 Å². The molecule has 0 aromatic carbocycles. The molecule has 0 fully saturated rings. The highest BCUT2D eigenvalue weighted by Crippen LogP contribution is 2.32. The average molecular weight is 277 g/mol. The molecule has 1 N–H and O–H groups in total. The highest BCUT2D eigenvalue weighted by atomic mass is 32.1. The first-order valence-corrected chi connectivity index (χ1v) is 5.99. The number of alkyl halides is 3. The Morgan fingerprint density at radius 2 is 2.17 bits per heavy atom. The van der Waals surface area contributed by atoms with E-state index < -0.39 is 11.2 Å². The van der Waals surface area contributed by atoms with E-state index in [1.165, 1.54) is 0 Å². The second-order valence-electron chi connectivity index (χ2n) is 3.46.